The first kappa shape index (κ1) is 10.0. The van der Waals surface area contributed by atoms with Gasteiger partial charge in [0.2, 0.25) is 0 Å². The Hall–Kier alpha value is -1.50. The van der Waals surface area contributed by atoms with Gasteiger partial charge in [0.25, 0.3) is 0 Å². The number of hydrogen-bond donors (Lipinski definition) is 1. The van der Waals surface area contributed by atoms with Gasteiger partial charge >= 0.3 is 0 Å². The second-order valence-corrected chi connectivity index (χ2v) is 4.16. The summed E-state index contributed by atoms with van der Waals surface area (Å²) in [5.74, 6) is 0.743. The van der Waals surface area contributed by atoms with Gasteiger partial charge in [0.05, 0.1) is 0 Å². The first-order valence-corrected chi connectivity index (χ1v) is 5.50. The smallest absolute Gasteiger partial charge is 0.166 e. The van der Waals surface area contributed by atoms with Crippen molar-refractivity contribution < 1.29 is 0 Å². The molecule has 1 aliphatic rings. The number of rotatable bonds is 2. The Balaban J connectivity index is 2.06. The fraction of sp³-hybridized carbons (Fsp3) is 0.636. The minimum absolute atomic E-state index is 0.501. The van der Waals surface area contributed by atoms with E-state index >= 15 is 0 Å². The Kier molecular flexibility index (Phi) is 2.91. The normalized spacial score (nSPS) is 17.3. The van der Waals surface area contributed by atoms with Crippen LogP contribution in [0.2, 0.25) is 0 Å². The zero-order chi connectivity index (χ0) is 10.7. The van der Waals surface area contributed by atoms with Gasteiger partial charge in [0, 0.05) is 19.3 Å². The van der Waals surface area contributed by atoms with Gasteiger partial charge in [-0.25, -0.2) is 0 Å². The molecule has 80 valence electrons. The van der Waals surface area contributed by atoms with E-state index in [0.717, 1.165) is 5.82 Å². The third kappa shape index (κ3) is 2.30. The molecule has 15 heavy (non-hydrogen) atoms. The topological polar surface area (TPSA) is 53.6 Å². The molecule has 0 aliphatic heterocycles. The summed E-state index contributed by atoms with van der Waals surface area (Å²) >= 11 is 0. The maximum atomic E-state index is 8.92. The SMILES string of the molecule is Cn1cc(C#N)c(NC2CCCCC2)n1. The van der Waals surface area contributed by atoms with Crippen molar-refractivity contribution in [1.29, 1.82) is 5.26 Å². The molecule has 0 spiro atoms. The number of hydrogen-bond acceptors (Lipinski definition) is 3. The predicted octanol–water partition coefficient (Wildman–Crippen LogP) is 2.04. The van der Waals surface area contributed by atoms with E-state index in [9.17, 15) is 0 Å². The molecule has 0 atom stereocenters. The molecule has 1 saturated carbocycles. The summed E-state index contributed by atoms with van der Waals surface area (Å²) in [4.78, 5) is 0. The Labute approximate surface area is 89.9 Å². The Morgan fingerprint density at radius 3 is 2.87 bits per heavy atom. The molecule has 2 rings (SSSR count). The molecule has 0 amide bonds. The fourth-order valence-corrected chi connectivity index (χ4v) is 2.12. The van der Waals surface area contributed by atoms with E-state index in [1.807, 2.05) is 7.05 Å². The summed E-state index contributed by atoms with van der Waals surface area (Å²) in [6, 6.07) is 2.66. The van der Waals surface area contributed by atoms with E-state index in [2.05, 4.69) is 16.5 Å². The van der Waals surface area contributed by atoms with Gasteiger partial charge in [0.1, 0.15) is 11.6 Å². The largest absolute Gasteiger partial charge is 0.365 e. The lowest BCUT2D eigenvalue weighted by Crippen LogP contribution is -2.22. The molecule has 0 radical (unpaired) electrons. The van der Waals surface area contributed by atoms with Crippen molar-refractivity contribution in [2.24, 2.45) is 7.05 Å². The average molecular weight is 204 g/mol. The van der Waals surface area contributed by atoms with Crippen LogP contribution in [0.4, 0.5) is 5.82 Å². The van der Waals surface area contributed by atoms with Crippen molar-refractivity contribution in [3.8, 4) is 6.07 Å². The molecule has 1 aromatic rings. The summed E-state index contributed by atoms with van der Waals surface area (Å²) in [7, 11) is 1.84. The van der Waals surface area contributed by atoms with E-state index in [1.165, 1.54) is 32.1 Å². The van der Waals surface area contributed by atoms with E-state index in [4.69, 9.17) is 5.26 Å². The minimum Gasteiger partial charge on any atom is -0.365 e. The number of anilines is 1. The van der Waals surface area contributed by atoms with E-state index in [-0.39, 0.29) is 0 Å². The van der Waals surface area contributed by atoms with E-state index in [1.54, 1.807) is 10.9 Å². The zero-order valence-electron chi connectivity index (χ0n) is 9.03. The second-order valence-electron chi connectivity index (χ2n) is 4.16. The van der Waals surface area contributed by atoms with Gasteiger partial charge < -0.3 is 5.32 Å². The van der Waals surface area contributed by atoms with Crippen LogP contribution < -0.4 is 5.32 Å². The maximum Gasteiger partial charge on any atom is 0.166 e. The van der Waals surface area contributed by atoms with E-state index in [0.29, 0.717) is 11.6 Å². The summed E-state index contributed by atoms with van der Waals surface area (Å²) in [6.07, 6.45) is 8.05. The van der Waals surface area contributed by atoms with Gasteiger partial charge in [-0.2, -0.15) is 10.4 Å². The van der Waals surface area contributed by atoms with Gasteiger partial charge in [-0.1, -0.05) is 19.3 Å². The summed E-state index contributed by atoms with van der Waals surface area (Å²) in [6.45, 7) is 0. The van der Waals surface area contributed by atoms with Gasteiger partial charge in [-0.05, 0) is 12.8 Å². The Morgan fingerprint density at radius 2 is 2.20 bits per heavy atom. The van der Waals surface area contributed by atoms with Crippen molar-refractivity contribution in [2.45, 2.75) is 38.1 Å². The van der Waals surface area contributed by atoms with Crippen LogP contribution in [-0.2, 0) is 7.05 Å². The molecule has 0 aromatic carbocycles. The molecule has 0 unspecified atom stereocenters. The number of nitrogens with zero attached hydrogens (tertiary/aromatic N) is 3. The number of aromatic nitrogens is 2. The lowest BCUT2D eigenvalue weighted by molar-refractivity contribution is 0.461. The molecule has 1 aromatic heterocycles. The summed E-state index contributed by atoms with van der Waals surface area (Å²) < 4.78 is 1.68. The van der Waals surface area contributed by atoms with E-state index < -0.39 is 0 Å². The average Bonchev–Trinajstić information content (AvgIpc) is 2.60. The first-order chi connectivity index (χ1) is 7.29. The monoisotopic (exact) mass is 204 g/mol. The van der Waals surface area contributed by atoms with Crippen LogP contribution in [0.5, 0.6) is 0 Å². The van der Waals surface area contributed by atoms with Crippen molar-refractivity contribution in [3.63, 3.8) is 0 Å². The van der Waals surface area contributed by atoms with Crippen LogP contribution >= 0.6 is 0 Å². The van der Waals surface area contributed by atoms with Crippen LogP contribution in [0.15, 0.2) is 6.20 Å². The molecule has 0 saturated heterocycles. The molecule has 1 heterocycles. The van der Waals surface area contributed by atoms with Crippen LogP contribution in [0.3, 0.4) is 0 Å². The van der Waals surface area contributed by atoms with Crippen LogP contribution in [0, 0.1) is 11.3 Å². The third-order valence-corrected chi connectivity index (χ3v) is 2.90. The van der Waals surface area contributed by atoms with Crippen molar-refractivity contribution in [1.82, 2.24) is 9.78 Å². The minimum atomic E-state index is 0.501. The van der Waals surface area contributed by atoms with Crippen LogP contribution in [0.1, 0.15) is 37.7 Å². The number of aryl methyl sites for hydroxylation is 1. The summed E-state index contributed by atoms with van der Waals surface area (Å²) in [5.41, 5.74) is 0.642. The van der Waals surface area contributed by atoms with Gasteiger partial charge in [0.15, 0.2) is 5.82 Å². The second kappa shape index (κ2) is 4.35. The lowest BCUT2D eigenvalue weighted by Gasteiger charge is -2.22. The van der Waals surface area contributed by atoms with Gasteiger partial charge in [-0.15, -0.1) is 0 Å². The standard InChI is InChI=1S/C11H16N4/c1-15-8-9(7-12)11(14-15)13-10-5-3-2-4-6-10/h8,10H,2-6H2,1H3,(H,13,14). The molecule has 1 N–H and O–H groups in total. The predicted molar refractivity (Wildman–Crippen MR) is 58.4 cm³/mol. The highest BCUT2D eigenvalue weighted by Gasteiger charge is 2.16. The first-order valence-electron chi connectivity index (χ1n) is 5.50. The van der Waals surface area contributed by atoms with Crippen LogP contribution in [-0.4, -0.2) is 15.8 Å². The molecular formula is C11H16N4. The maximum absolute atomic E-state index is 8.92. The number of nitrogens with one attached hydrogen (secondary N) is 1. The molecule has 4 heteroatoms. The fourth-order valence-electron chi connectivity index (χ4n) is 2.12. The molecule has 0 bridgehead atoms. The highest BCUT2D eigenvalue weighted by atomic mass is 15.3. The highest BCUT2D eigenvalue weighted by Crippen LogP contribution is 2.22. The summed E-state index contributed by atoms with van der Waals surface area (Å²) in [5, 5.41) is 16.5. The van der Waals surface area contributed by atoms with Crippen LogP contribution in [0.25, 0.3) is 0 Å². The quantitative estimate of drug-likeness (QED) is 0.802. The molecule has 4 nitrogen and oxygen atoms in total. The Morgan fingerprint density at radius 1 is 1.47 bits per heavy atom. The third-order valence-electron chi connectivity index (χ3n) is 2.90. The van der Waals surface area contributed by atoms with Crippen molar-refractivity contribution >= 4 is 5.82 Å². The van der Waals surface area contributed by atoms with Crippen molar-refractivity contribution in [3.05, 3.63) is 11.8 Å². The Bertz CT molecular complexity index is 368. The van der Waals surface area contributed by atoms with Gasteiger partial charge in [-0.3, -0.25) is 4.68 Å². The zero-order valence-corrected chi connectivity index (χ0v) is 9.03. The molecular weight excluding hydrogens is 188 g/mol. The molecule has 1 fully saturated rings. The lowest BCUT2D eigenvalue weighted by atomic mass is 9.95. The highest BCUT2D eigenvalue weighted by molar-refractivity contribution is 5.51. The number of nitriles is 1. The molecule has 1 aliphatic carbocycles. The van der Waals surface area contributed by atoms with Crippen molar-refractivity contribution in [2.75, 3.05) is 5.32 Å².